The fourth-order valence-corrected chi connectivity index (χ4v) is 2.82. The molecule has 1 aromatic rings. The number of sulfone groups is 1. The Balaban J connectivity index is 3.23. The van der Waals surface area contributed by atoms with Crippen molar-refractivity contribution in [2.75, 3.05) is 6.26 Å². The highest BCUT2D eigenvalue weighted by molar-refractivity contribution is 8.14. The van der Waals surface area contributed by atoms with Crippen LogP contribution in [-0.2, 0) is 9.84 Å². The van der Waals surface area contributed by atoms with Crippen molar-refractivity contribution in [2.45, 2.75) is 23.0 Å². The molecule has 0 spiro atoms. The Labute approximate surface area is 88.1 Å². The maximum Gasteiger partial charge on any atom is 0.211 e. The molecular formula is C8H12N2O2S2. The normalized spacial score (nSPS) is 12.8. The lowest BCUT2D eigenvalue weighted by atomic mass is 10.5. The lowest BCUT2D eigenvalue weighted by Gasteiger charge is -2.21. The maximum absolute atomic E-state index is 12.0. The van der Waals surface area contributed by atoms with Crippen molar-refractivity contribution in [3.63, 3.8) is 0 Å². The minimum Gasteiger partial charge on any atom is -0.260 e. The highest BCUT2D eigenvalue weighted by Crippen LogP contribution is 2.32. The Morgan fingerprint density at radius 3 is 2.43 bits per heavy atom. The van der Waals surface area contributed by atoms with E-state index in [4.69, 9.17) is 0 Å². The van der Waals surface area contributed by atoms with Gasteiger partial charge in [-0.05, 0) is 20.1 Å². The van der Waals surface area contributed by atoms with E-state index in [1.54, 1.807) is 20.1 Å². The number of thioether (sulfide) groups is 1. The van der Waals surface area contributed by atoms with Crippen LogP contribution in [0, 0.1) is 0 Å². The van der Waals surface area contributed by atoms with Crippen molar-refractivity contribution in [1.82, 2.24) is 9.97 Å². The van der Waals surface area contributed by atoms with Crippen molar-refractivity contribution in [3.05, 3.63) is 18.6 Å². The van der Waals surface area contributed by atoms with Crippen molar-refractivity contribution in [2.24, 2.45) is 0 Å². The summed E-state index contributed by atoms with van der Waals surface area (Å²) in [5.74, 6) is 0. The Morgan fingerprint density at radius 2 is 2.00 bits per heavy atom. The third-order valence-electron chi connectivity index (χ3n) is 1.95. The van der Waals surface area contributed by atoms with Crippen LogP contribution in [-0.4, -0.2) is 28.7 Å². The molecule has 4 nitrogen and oxygen atoms in total. The molecule has 0 N–H and O–H groups in total. The van der Waals surface area contributed by atoms with Gasteiger partial charge < -0.3 is 0 Å². The predicted octanol–water partition coefficient (Wildman–Crippen LogP) is 1.35. The average molecular weight is 232 g/mol. The van der Waals surface area contributed by atoms with Gasteiger partial charge in [-0.15, -0.1) is 11.8 Å². The van der Waals surface area contributed by atoms with E-state index in [0.29, 0.717) is 0 Å². The summed E-state index contributed by atoms with van der Waals surface area (Å²) in [5, 5.41) is 0.0272. The van der Waals surface area contributed by atoms with Crippen molar-refractivity contribution in [1.29, 1.82) is 0 Å². The van der Waals surface area contributed by atoms with E-state index in [9.17, 15) is 8.42 Å². The summed E-state index contributed by atoms with van der Waals surface area (Å²) in [6, 6.07) is 0. The number of aromatic nitrogens is 2. The molecule has 0 fully saturated rings. The van der Waals surface area contributed by atoms with Crippen LogP contribution < -0.4 is 0 Å². The summed E-state index contributed by atoms with van der Waals surface area (Å²) >= 11 is 1.27. The van der Waals surface area contributed by atoms with Gasteiger partial charge in [-0.3, -0.25) is 4.98 Å². The molecular weight excluding hydrogens is 220 g/mol. The smallest absolute Gasteiger partial charge is 0.211 e. The van der Waals surface area contributed by atoms with Gasteiger partial charge in [0.1, 0.15) is 4.08 Å². The van der Waals surface area contributed by atoms with E-state index < -0.39 is 13.9 Å². The SMILES string of the molecule is CSC(C)(C)S(=O)(=O)c1cnccn1. The van der Waals surface area contributed by atoms with Crippen molar-refractivity contribution in [3.8, 4) is 0 Å². The van der Waals surface area contributed by atoms with Crippen LogP contribution in [0.4, 0.5) is 0 Å². The van der Waals surface area contributed by atoms with E-state index in [-0.39, 0.29) is 5.03 Å². The summed E-state index contributed by atoms with van der Waals surface area (Å²) in [5.41, 5.74) is 0. The zero-order valence-electron chi connectivity index (χ0n) is 8.26. The van der Waals surface area contributed by atoms with Crippen LogP contribution in [0.1, 0.15) is 13.8 Å². The summed E-state index contributed by atoms with van der Waals surface area (Å²) in [6.07, 6.45) is 5.86. The molecule has 0 saturated heterocycles. The minimum absolute atomic E-state index is 0.0272. The van der Waals surface area contributed by atoms with Crippen LogP contribution in [0.25, 0.3) is 0 Å². The zero-order valence-corrected chi connectivity index (χ0v) is 9.89. The average Bonchev–Trinajstić information content (AvgIpc) is 2.19. The summed E-state index contributed by atoms with van der Waals surface area (Å²) < 4.78 is 23.1. The van der Waals surface area contributed by atoms with Gasteiger partial charge in [-0.1, -0.05) is 0 Å². The van der Waals surface area contributed by atoms with Crippen LogP contribution in [0.5, 0.6) is 0 Å². The third-order valence-corrected chi connectivity index (χ3v) is 6.15. The number of hydrogen-bond donors (Lipinski definition) is 0. The molecule has 0 unspecified atom stereocenters. The molecule has 0 amide bonds. The molecule has 0 aliphatic carbocycles. The fourth-order valence-electron chi connectivity index (χ4n) is 0.786. The quantitative estimate of drug-likeness (QED) is 0.787. The Morgan fingerprint density at radius 1 is 1.36 bits per heavy atom. The molecule has 0 radical (unpaired) electrons. The van der Waals surface area contributed by atoms with Crippen LogP contribution in [0.15, 0.2) is 23.6 Å². The monoisotopic (exact) mass is 232 g/mol. The number of nitrogens with zero attached hydrogens (tertiary/aromatic N) is 2. The molecule has 0 aliphatic rings. The van der Waals surface area contributed by atoms with Gasteiger partial charge in [0.15, 0.2) is 5.03 Å². The lowest BCUT2D eigenvalue weighted by Crippen LogP contribution is -2.28. The number of rotatable bonds is 3. The van der Waals surface area contributed by atoms with E-state index >= 15 is 0 Å². The molecule has 1 heterocycles. The summed E-state index contributed by atoms with van der Waals surface area (Å²) in [7, 11) is -3.40. The molecule has 78 valence electrons. The molecule has 0 bridgehead atoms. The zero-order chi connectivity index (χ0) is 10.8. The number of hydrogen-bond acceptors (Lipinski definition) is 5. The highest BCUT2D eigenvalue weighted by Gasteiger charge is 2.36. The van der Waals surface area contributed by atoms with Gasteiger partial charge in [-0.2, -0.15) is 0 Å². The lowest BCUT2D eigenvalue weighted by molar-refractivity contribution is 0.578. The van der Waals surface area contributed by atoms with E-state index in [2.05, 4.69) is 9.97 Å². The summed E-state index contributed by atoms with van der Waals surface area (Å²) in [6.45, 7) is 3.31. The molecule has 0 saturated carbocycles. The third kappa shape index (κ3) is 1.90. The van der Waals surface area contributed by atoms with Gasteiger partial charge in [0, 0.05) is 12.4 Å². The van der Waals surface area contributed by atoms with E-state index in [0.717, 1.165) is 0 Å². The second-order valence-corrected chi connectivity index (χ2v) is 7.28. The predicted molar refractivity (Wildman–Crippen MR) is 56.8 cm³/mol. The van der Waals surface area contributed by atoms with Crippen LogP contribution >= 0.6 is 11.8 Å². The molecule has 1 aromatic heterocycles. The molecule has 0 aliphatic heterocycles. The maximum atomic E-state index is 12.0. The first-order valence-electron chi connectivity index (χ1n) is 3.97. The van der Waals surface area contributed by atoms with E-state index in [1.807, 2.05) is 0 Å². The second kappa shape index (κ2) is 3.86. The van der Waals surface area contributed by atoms with Crippen LogP contribution in [0.2, 0.25) is 0 Å². The minimum atomic E-state index is -3.40. The van der Waals surface area contributed by atoms with Gasteiger partial charge in [0.25, 0.3) is 0 Å². The summed E-state index contributed by atoms with van der Waals surface area (Å²) in [4.78, 5) is 7.55. The van der Waals surface area contributed by atoms with Crippen molar-refractivity contribution < 1.29 is 8.42 Å². The first-order chi connectivity index (χ1) is 6.42. The first kappa shape index (κ1) is 11.5. The van der Waals surface area contributed by atoms with Gasteiger partial charge in [0.2, 0.25) is 9.84 Å². The first-order valence-corrected chi connectivity index (χ1v) is 6.68. The van der Waals surface area contributed by atoms with E-state index in [1.165, 1.54) is 30.4 Å². The Bertz CT molecular complexity index is 401. The Hall–Kier alpha value is -0.620. The van der Waals surface area contributed by atoms with Crippen LogP contribution in [0.3, 0.4) is 0 Å². The Kier molecular flexibility index (Phi) is 3.16. The van der Waals surface area contributed by atoms with Gasteiger partial charge >= 0.3 is 0 Å². The van der Waals surface area contributed by atoms with Gasteiger partial charge in [0.05, 0.1) is 6.20 Å². The second-order valence-electron chi connectivity index (χ2n) is 3.15. The fraction of sp³-hybridized carbons (Fsp3) is 0.500. The van der Waals surface area contributed by atoms with Gasteiger partial charge in [-0.25, -0.2) is 13.4 Å². The largest absolute Gasteiger partial charge is 0.260 e. The molecule has 0 atom stereocenters. The molecule has 1 rings (SSSR count). The topological polar surface area (TPSA) is 59.9 Å². The highest BCUT2D eigenvalue weighted by atomic mass is 32.3. The molecule has 6 heteroatoms. The molecule has 0 aromatic carbocycles. The standard InChI is InChI=1S/C8H12N2O2S2/c1-8(2,13-3)14(11,12)7-6-9-4-5-10-7/h4-6H,1-3H3. The molecule has 14 heavy (non-hydrogen) atoms. The van der Waals surface area contributed by atoms with Crippen molar-refractivity contribution >= 4 is 21.6 Å².